The Hall–Kier alpha value is -0.940. The lowest BCUT2D eigenvalue weighted by Crippen LogP contribution is -2.38. The highest BCUT2D eigenvalue weighted by atomic mass is 32.1. The number of aryl methyl sites for hydroxylation is 1. The van der Waals surface area contributed by atoms with Crippen LogP contribution in [-0.2, 0) is 11.3 Å². The maximum Gasteiger partial charge on any atom is 0.236 e. The van der Waals surface area contributed by atoms with Crippen LogP contribution in [0, 0.1) is 6.92 Å². The maximum atomic E-state index is 11.9. The number of nitrogens with zero attached hydrogens (tertiary/aromatic N) is 3. The molecule has 0 aromatic carbocycles. The predicted molar refractivity (Wildman–Crippen MR) is 71.1 cm³/mol. The lowest BCUT2D eigenvalue weighted by atomic mass is 10.4. The molecule has 1 heterocycles. The molecule has 0 unspecified atom stereocenters. The number of aromatic nitrogens is 1. The van der Waals surface area contributed by atoms with E-state index in [4.69, 9.17) is 0 Å². The smallest absolute Gasteiger partial charge is 0.236 e. The van der Waals surface area contributed by atoms with Gasteiger partial charge in [0.1, 0.15) is 0 Å². The van der Waals surface area contributed by atoms with E-state index >= 15 is 0 Å². The molecule has 0 atom stereocenters. The third kappa shape index (κ3) is 4.44. The van der Waals surface area contributed by atoms with E-state index in [0.29, 0.717) is 13.1 Å². The average Bonchev–Trinajstić information content (AvgIpc) is 2.71. The topological polar surface area (TPSA) is 36.4 Å². The first kappa shape index (κ1) is 14.1. The van der Waals surface area contributed by atoms with Crippen LogP contribution in [-0.4, -0.2) is 47.4 Å². The fourth-order valence-corrected chi connectivity index (χ4v) is 2.18. The van der Waals surface area contributed by atoms with Gasteiger partial charge in [-0.25, -0.2) is 4.98 Å². The summed E-state index contributed by atoms with van der Waals surface area (Å²) in [7, 11) is 1.83. The first-order valence-corrected chi connectivity index (χ1v) is 6.82. The second kappa shape index (κ2) is 6.71. The fourth-order valence-electron chi connectivity index (χ4n) is 1.57. The van der Waals surface area contributed by atoms with Crippen molar-refractivity contribution in [3.05, 3.63) is 16.1 Å². The number of rotatable bonds is 6. The summed E-state index contributed by atoms with van der Waals surface area (Å²) in [5.41, 5.74) is 0.975. The van der Waals surface area contributed by atoms with Crippen LogP contribution in [0.3, 0.4) is 0 Å². The van der Waals surface area contributed by atoms with Gasteiger partial charge in [-0.05, 0) is 20.0 Å². The third-order valence-electron chi connectivity index (χ3n) is 2.74. The number of likely N-dealkylation sites (N-methyl/N-ethyl adjacent to an activating group) is 2. The minimum atomic E-state index is 0.152. The highest BCUT2D eigenvalue weighted by Crippen LogP contribution is 2.09. The molecule has 0 spiro atoms. The largest absolute Gasteiger partial charge is 0.339 e. The second-order valence-electron chi connectivity index (χ2n) is 4.07. The summed E-state index contributed by atoms with van der Waals surface area (Å²) < 4.78 is 0. The minimum absolute atomic E-state index is 0.152. The Morgan fingerprint density at radius 3 is 2.53 bits per heavy atom. The van der Waals surface area contributed by atoms with Gasteiger partial charge in [-0.3, -0.25) is 9.69 Å². The number of amides is 1. The Labute approximate surface area is 107 Å². The van der Waals surface area contributed by atoms with Gasteiger partial charge in [-0.1, -0.05) is 13.8 Å². The highest BCUT2D eigenvalue weighted by Gasteiger charge is 2.13. The van der Waals surface area contributed by atoms with Crippen molar-refractivity contribution in [2.75, 3.05) is 26.7 Å². The van der Waals surface area contributed by atoms with Crippen LogP contribution in [0.25, 0.3) is 0 Å². The molecule has 5 heteroatoms. The monoisotopic (exact) mass is 255 g/mol. The molecular weight excluding hydrogens is 234 g/mol. The third-order valence-corrected chi connectivity index (χ3v) is 3.57. The van der Waals surface area contributed by atoms with Crippen molar-refractivity contribution in [1.29, 1.82) is 0 Å². The molecule has 0 bridgehead atoms. The molecule has 0 saturated carbocycles. The van der Waals surface area contributed by atoms with Gasteiger partial charge >= 0.3 is 0 Å². The van der Waals surface area contributed by atoms with Gasteiger partial charge in [-0.2, -0.15) is 0 Å². The first-order chi connectivity index (χ1) is 8.06. The molecule has 0 radical (unpaired) electrons. The minimum Gasteiger partial charge on any atom is -0.339 e. The SMILES string of the molecule is CCN(CC)CC(=O)N(C)Cc1csc(C)n1. The van der Waals surface area contributed by atoms with Crippen LogP contribution in [0.15, 0.2) is 5.38 Å². The Bertz CT molecular complexity index is 360. The van der Waals surface area contributed by atoms with E-state index in [2.05, 4.69) is 23.7 Å². The zero-order valence-corrected chi connectivity index (χ0v) is 11.9. The molecule has 17 heavy (non-hydrogen) atoms. The average molecular weight is 255 g/mol. The fraction of sp³-hybridized carbons (Fsp3) is 0.667. The number of hydrogen-bond acceptors (Lipinski definition) is 4. The van der Waals surface area contributed by atoms with Gasteiger partial charge in [0, 0.05) is 12.4 Å². The number of hydrogen-bond donors (Lipinski definition) is 0. The van der Waals surface area contributed by atoms with Crippen LogP contribution in [0.2, 0.25) is 0 Å². The molecule has 0 saturated heterocycles. The number of carbonyl (C=O) groups is 1. The van der Waals surface area contributed by atoms with Crippen LogP contribution >= 0.6 is 11.3 Å². The Morgan fingerprint density at radius 2 is 2.06 bits per heavy atom. The standard InChI is InChI=1S/C12H21N3OS/c1-5-15(6-2)8-12(16)14(4)7-11-9-17-10(3)13-11/h9H,5-8H2,1-4H3. The summed E-state index contributed by atoms with van der Waals surface area (Å²) in [6.07, 6.45) is 0. The van der Waals surface area contributed by atoms with E-state index in [1.165, 1.54) is 0 Å². The Balaban J connectivity index is 2.46. The zero-order chi connectivity index (χ0) is 12.8. The van der Waals surface area contributed by atoms with E-state index in [1.807, 2.05) is 19.4 Å². The van der Waals surface area contributed by atoms with Gasteiger partial charge in [-0.15, -0.1) is 11.3 Å². The number of carbonyl (C=O) groups excluding carboxylic acids is 1. The summed E-state index contributed by atoms with van der Waals surface area (Å²) >= 11 is 1.62. The normalized spacial score (nSPS) is 10.9. The first-order valence-electron chi connectivity index (χ1n) is 5.94. The molecule has 0 N–H and O–H groups in total. The van der Waals surface area contributed by atoms with Crippen molar-refractivity contribution in [2.45, 2.75) is 27.3 Å². The molecule has 1 aromatic rings. The van der Waals surface area contributed by atoms with E-state index in [1.54, 1.807) is 16.2 Å². The van der Waals surface area contributed by atoms with Crippen molar-refractivity contribution in [3.8, 4) is 0 Å². The van der Waals surface area contributed by atoms with E-state index in [0.717, 1.165) is 23.8 Å². The van der Waals surface area contributed by atoms with Crippen molar-refractivity contribution in [3.63, 3.8) is 0 Å². The van der Waals surface area contributed by atoms with Crippen LogP contribution < -0.4 is 0 Å². The van der Waals surface area contributed by atoms with E-state index < -0.39 is 0 Å². The lowest BCUT2D eigenvalue weighted by Gasteiger charge is -2.22. The summed E-state index contributed by atoms with van der Waals surface area (Å²) in [5.74, 6) is 0.152. The molecule has 0 fully saturated rings. The Morgan fingerprint density at radius 1 is 1.41 bits per heavy atom. The molecule has 1 rings (SSSR count). The molecule has 1 amide bonds. The molecule has 96 valence electrons. The zero-order valence-electron chi connectivity index (χ0n) is 11.1. The van der Waals surface area contributed by atoms with E-state index in [-0.39, 0.29) is 5.91 Å². The van der Waals surface area contributed by atoms with Crippen LogP contribution in [0.1, 0.15) is 24.5 Å². The summed E-state index contributed by atoms with van der Waals surface area (Å²) in [4.78, 5) is 20.2. The molecule has 0 aliphatic carbocycles. The van der Waals surface area contributed by atoms with Crippen molar-refractivity contribution in [1.82, 2.24) is 14.8 Å². The van der Waals surface area contributed by atoms with Gasteiger partial charge in [0.25, 0.3) is 0 Å². The molecule has 0 aliphatic heterocycles. The summed E-state index contributed by atoms with van der Waals surface area (Å²) in [5, 5.41) is 3.06. The van der Waals surface area contributed by atoms with Crippen molar-refractivity contribution < 1.29 is 4.79 Å². The van der Waals surface area contributed by atoms with E-state index in [9.17, 15) is 4.79 Å². The van der Waals surface area contributed by atoms with Crippen LogP contribution in [0.5, 0.6) is 0 Å². The summed E-state index contributed by atoms with van der Waals surface area (Å²) in [6.45, 7) is 9.03. The quantitative estimate of drug-likeness (QED) is 0.777. The lowest BCUT2D eigenvalue weighted by molar-refractivity contribution is -0.131. The molecular formula is C12H21N3OS. The van der Waals surface area contributed by atoms with Gasteiger partial charge in [0.05, 0.1) is 23.8 Å². The van der Waals surface area contributed by atoms with Gasteiger partial charge in [0.2, 0.25) is 5.91 Å². The van der Waals surface area contributed by atoms with Crippen LogP contribution in [0.4, 0.5) is 0 Å². The Kier molecular flexibility index (Phi) is 5.58. The predicted octanol–water partition coefficient (Wildman–Crippen LogP) is 1.75. The number of thiazole rings is 1. The maximum absolute atomic E-state index is 11.9. The molecule has 1 aromatic heterocycles. The van der Waals surface area contributed by atoms with Gasteiger partial charge < -0.3 is 4.90 Å². The second-order valence-corrected chi connectivity index (χ2v) is 5.13. The molecule has 0 aliphatic rings. The highest BCUT2D eigenvalue weighted by molar-refractivity contribution is 7.09. The van der Waals surface area contributed by atoms with Crippen molar-refractivity contribution in [2.24, 2.45) is 0 Å². The van der Waals surface area contributed by atoms with Crippen molar-refractivity contribution >= 4 is 17.2 Å². The van der Waals surface area contributed by atoms with Gasteiger partial charge in [0.15, 0.2) is 0 Å². The molecule has 4 nitrogen and oxygen atoms in total. The summed E-state index contributed by atoms with van der Waals surface area (Å²) in [6, 6.07) is 0.